The average Bonchev–Trinajstić information content (AvgIpc) is 3.18. The Bertz CT molecular complexity index is 1080. The lowest BCUT2D eigenvalue weighted by Gasteiger charge is -2.42. The number of nitrogens with zero attached hydrogens (tertiary/aromatic N) is 4. The van der Waals surface area contributed by atoms with Crippen molar-refractivity contribution in [3.63, 3.8) is 0 Å². The van der Waals surface area contributed by atoms with Crippen LogP contribution in [-0.2, 0) is 11.3 Å². The molecule has 2 heterocycles. The summed E-state index contributed by atoms with van der Waals surface area (Å²) in [5, 5.41) is 9.87. The van der Waals surface area contributed by atoms with E-state index in [0.717, 1.165) is 5.56 Å². The van der Waals surface area contributed by atoms with Crippen molar-refractivity contribution in [2.75, 3.05) is 26.8 Å². The summed E-state index contributed by atoms with van der Waals surface area (Å²) in [5.41, 5.74) is 0.899. The third-order valence-electron chi connectivity index (χ3n) is 5.84. The summed E-state index contributed by atoms with van der Waals surface area (Å²) in [6, 6.07) is 13.5. The first-order valence-corrected chi connectivity index (χ1v) is 11.5. The molecule has 9 nitrogen and oxygen atoms in total. The van der Waals surface area contributed by atoms with Crippen LogP contribution < -0.4 is 9.47 Å². The van der Waals surface area contributed by atoms with Gasteiger partial charge in [0.1, 0.15) is 0 Å². The summed E-state index contributed by atoms with van der Waals surface area (Å²) in [6.07, 6.45) is -0.429. The van der Waals surface area contributed by atoms with Crippen molar-refractivity contribution in [1.82, 2.24) is 14.7 Å². The van der Waals surface area contributed by atoms with E-state index in [4.69, 9.17) is 26.1 Å². The summed E-state index contributed by atoms with van der Waals surface area (Å²) >= 11 is 6.05. The number of benzene rings is 2. The number of likely N-dealkylation sites (N-methyl/N-ethyl adjacent to an activating group) is 1. The lowest BCUT2D eigenvalue weighted by atomic mass is 10.1. The maximum absolute atomic E-state index is 13.5. The van der Waals surface area contributed by atoms with Crippen molar-refractivity contribution in [2.45, 2.75) is 32.1 Å². The van der Waals surface area contributed by atoms with Crippen molar-refractivity contribution in [1.29, 1.82) is 0 Å². The predicted molar refractivity (Wildman–Crippen MR) is 127 cm³/mol. The van der Waals surface area contributed by atoms with Gasteiger partial charge in [-0.25, -0.2) is 9.79 Å². The SMILES string of the molecule is CCN1C(=O)N(CCCO)C(=O)C2C1N=C(Oc1ccccc1OC)N2Cc1ccc(Cl)cc1. The van der Waals surface area contributed by atoms with Gasteiger partial charge in [0, 0.05) is 31.3 Å². The van der Waals surface area contributed by atoms with Crippen LogP contribution in [0.2, 0.25) is 5.02 Å². The van der Waals surface area contributed by atoms with E-state index in [1.165, 1.54) is 4.90 Å². The highest BCUT2D eigenvalue weighted by Gasteiger charge is 2.53. The third-order valence-corrected chi connectivity index (χ3v) is 6.09. The minimum atomic E-state index is -0.767. The highest BCUT2D eigenvalue weighted by Crippen LogP contribution is 2.33. The number of carbonyl (C=O) groups excluding carboxylic acids is 2. The first-order valence-electron chi connectivity index (χ1n) is 11.1. The van der Waals surface area contributed by atoms with E-state index in [9.17, 15) is 14.7 Å². The fraction of sp³-hybridized carbons (Fsp3) is 0.375. The van der Waals surface area contributed by atoms with E-state index >= 15 is 0 Å². The molecule has 1 fully saturated rings. The summed E-state index contributed by atoms with van der Waals surface area (Å²) in [4.78, 5) is 35.8. The fourth-order valence-corrected chi connectivity index (χ4v) is 4.28. The number of hydrogen-bond acceptors (Lipinski definition) is 7. The number of amidine groups is 1. The Labute approximate surface area is 203 Å². The van der Waals surface area contributed by atoms with Gasteiger partial charge < -0.3 is 19.5 Å². The maximum atomic E-state index is 13.5. The molecule has 2 aliphatic rings. The van der Waals surface area contributed by atoms with Crippen LogP contribution in [0.1, 0.15) is 18.9 Å². The van der Waals surface area contributed by atoms with Gasteiger partial charge in [-0.05, 0) is 43.2 Å². The van der Waals surface area contributed by atoms with Crippen LogP contribution in [0, 0.1) is 0 Å². The highest BCUT2D eigenvalue weighted by molar-refractivity contribution is 6.30. The summed E-state index contributed by atoms with van der Waals surface area (Å²) in [6.45, 7) is 2.53. The lowest BCUT2D eigenvalue weighted by molar-refractivity contribution is -0.138. The van der Waals surface area contributed by atoms with Crippen molar-refractivity contribution in [3.05, 3.63) is 59.1 Å². The first kappa shape index (κ1) is 23.8. The van der Waals surface area contributed by atoms with Crippen LogP contribution in [0.15, 0.2) is 53.5 Å². The number of aliphatic hydroxyl groups is 1. The van der Waals surface area contributed by atoms with Crippen LogP contribution in [-0.4, -0.2) is 76.8 Å². The van der Waals surface area contributed by atoms with E-state index in [2.05, 4.69) is 0 Å². The van der Waals surface area contributed by atoms with Gasteiger partial charge in [0.25, 0.3) is 11.9 Å². The number of carbonyl (C=O) groups is 2. The smallest absolute Gasteiger partial charge is 0.328 e. The standard InChI is InChI=1S/C24H27ClN4O5/c1-3-27-21-20(22(31)28(24(27)32)13-6-14-30)29(15-16-9-11-17(25)12-10-16)23(26-21)34-19-8-5-4-7-18(19)33-2/h4-5,7-12,20-21,30H,3,6,13-15H2,1-2H3. The average molecular weight is 487 g/mol. The van der Waals surface area contributed by atoms with Gasteiger partial charge in [0.15, 0.2) is 23.7 Å². The molecule has 3 amide bonds. The summed E-state index contributed by atoms with van der Waals surface area (Å²) in [7, 11) is 1.55. The molecular weight excluding hydrogens is 460 g/mol. The second-order valence-corrected chi connectivity index (χ2v) is 8.35. The van der Waals surface area contributed by atoms with Gasteiger partial charge in [-0.1, -0.05) is 35.9 Å². The number of methoxy groups -OCH3 is 1. The number of aliphatic imine (C=N–C) groups is 1. The molecule has 10 heteroatoms. The Morgan fingerprint density at radius 2 is 1.76 bits per heavy atom. The molecule has 0 saturated carbocycles. The zero-order valence-electron chi connectivity index (χ0n) is 19.1. The van der Waals surface area contributed by atoms with E-state index in [-0.39, 0.29) is 25.1 Å². The predicted octanol–water partition coefficient (Wildman–Crippen LogP) is 2.96. The normalized spacial score (nSPS) is 19.9. The summed E-state index contributed by atoms with van der Waals surface area (Å²) < 4.78 is 11.6. The molecule has 0 bridgehead atoms. The monoisotopic (exact) mass is 486 g/mol. The minimum Gasteiger partial charge on any atom is -0.493 e. The quantitative estimate of drug-likeness (QED) is 0.616. The van der Waals surface area contributed by atoms with Gasteiger partial charge in [-0.3, -0.25) is 14.6 Å². The number of rotatable bonds is 8. The maximum Gasteiger partial charge on any atom is 0.328 e. The number of imide groups is 1. The zero-order chi connectivity index (χ0) is 24.2. The molecule has 0 aromatic heterocycles. The number of aliphatic hydroxyl groups excluding tert-OH is 1. The Hall–Kier alpha value is -3.30. The third kappa shape index (κ3) is 4.53. The van der Waals surface area contributed by atoms with Crippen LogP contribution in [0.4, 0.5) is 4.79 Å². The molecule has 0 aliphatic carbocycles. The van der Waals surface area contributed by atoms with Crippen molar-refractivity contribution >= 4 is 29.6 Å². The van der Waals surface area contributed by atoms with E-state index in [1.54, 1.807) is 41.2 Å². The molecule has 0 spiro atoms. The van der Waals surface area contributed by atoms with Gasteiger partial charge in [0.05, 0.1) is 7.11 Å². The molecule has 34 heavy (non-hydrogen) atoms. The number of ether oxygens (including phenoxy) is 2. The molecule has 1 saturated heterocycles. The highest BCUT2D eigenvalue weighted by atomic mass is 35.5. The van der Waals surface area contributed by atoms with Gasteiger partial charge >= 0.3 is 6.03 Å². The van der Waals surface area contributed by atoms with Crippen molar-refractivity contribution < 1.29 is 24.2 Å². The fourth-order valence-electron chi connectivity index (χ4n) is 4.16. The van der Waals surface area contributed by atoms with Crippen molar-refractivity contribution in [2.24, 2.45) is 4.99 Å². The van der Waals surface area contributed by atoms with Gasteiger partial charge in [-0.2, -0.15) is 0 Å². The summed E-state index contributed by atoms with van der Waals surface area (Å²) in [5.74, 6) is 0.595. The van der Waals surface area contributed by atoms with Crippen molar-refractivity contribution in [3.8, 4) is 11.5 Å². The van der Waals surface area contributed by atoms with E-state index in [1.807, 2.05) is 31.2 Å². The molecular formula is C24H27ClN4O5. The number of halogens is 1. The number of urea groups is 1. The number of para-hydroxylation sites is 2. The van der Waals surface area contributed by atoms with Crippen LogP contribution in [0.25, 0.3) is 0 Å². The second kappa shape index (κ2) is 10.3. The minimum absolute atomic E-state index is 0.121. The lowest BCUT2D eigenvalue weighted by Crippen LogP contribution is -2.66. The van der Waals surface area contributed by atoms with Crippen LogP contribution in [0.3, 0.4) is 0 Å². The van der Waals surface area contributed by atoms with Gasteiger partial charge in [-0.15, -0.1) is 0 Å². The Balaban J connectivity index is 1.73. The number of fused-ring (bicyclic) bond motifs is 1. The molecule has 4 rings (SSSR count). The Morgan fingerprint density at radius 3 is 2.41 bits per heavy atom. The topological polar surface area (TPSA) is 94.9 Å². The molecule has 2 aromatic rings. The molecule has 2 aliphatic heterocycles. The molecule has 0 radical (unpaired) electrons. The second-order valence-electron chi connectivity index (χ2n) is 7.91. The number of amides is 3. The molecule has 1 N–H and O–H groups in total. The first-order chi connectivity index (χ1) is 16.5. The largest absolute Gasteiger partial charge is 0.493 e. The van der Waals surface area contributed by atoms with E-state index < -0.39 is 18.2 Å². The number of hydrogen-bond donors (Lipinski definition) is 1. The molecule has 2 aromatic carbocycles. The Morgan fingerprint density at radius 1 is 1.06 bits per heavy atom. The molecule has 180 valence electrons. The Kier molecular flexibility index (Phi) is 7.23. The molecule has 2 unspecified atom stereocenters. The molecule has 2 atom stereocenters. The van der Waals surface area contributed by atoms with Crippen LogP contribution in [0.5, 0.6) is 11.5 Å². The van der Waals surface area contributed by atoms with Crippen LogP contribution >= 0.6 is 11.6 Å². The zero-order valence-corrected chi connectivity index (χ0v) is 19.8. The van der Waals surface area contributed by atoms with E-state index in [0.29, 0.717) is 36.0 Å². The van der Waals surface area contributed by atoms with Gasteiger partial charge in [0.2, 0.25) is 0 Å².